The van der Waals surface area contributed by atoms with Crippen LogP contribution in [0.25, 0.3) is 0 Å². The highest BCUT2D eigenvalue weighted by atomic mass is 15.2. The van der Waals surface area contributed by atoms with Gasteiger partial charge in [0.2, 0.25) is 0 Å². The molecule has 0 saturated heterocycles. The van der Waals surface area contributed by atoms with E-state index in [1.807, 2.05) is 0 Å². The molecule has 2 heteroatoms. The molecule has 2 atom stereocenters. The van der Waals surface area contributed by atoms with Crippen LogP contribution < -0.4 is 5.32 Å². The molecule has 2 nitrogen and oxygen atoms in total. The maximum Gasteiger partial charge on any atom is 0.0478 e. The van der Waals surface area contributed by atoms with Crippen LogP contribution >= 0.6 is 0 Å². The van der Waals surface area contributed by atoms with Crippen LogP contribution in [0.15, 0.2) is 24.3 Å². The first-order valence-corrected chi connectivity index (χ1v) is 7.49. The zero-order chi connectivity index (χ0) is 14.0. The number of nitrogens with zero attached hydrogens (tertiary/aromatic N) is 1. The van der Waals surface area contributed by atoms with E-state index in [-0.39, 0.29) is 5.54 Å². The van der Waals surface area contributed by atoms with Gasteiger partial charge in [0, 0.05) is 17.6 Å². The summed E-state index contributed by atoms with van der Waals surface area (Å²) >= 11 is 0. The van der Waals surface area contributed by atoms with Gasteiger partial charge in [0.15, 0.2) is 0 Å². The molecule has 1 aromatic carbocycles. The number of fused-ring (bicyclic) bond motifs is 1. The zero-order valence-corrected chi connectivity index (χ0v) is 13.0. The van der Waals surface area contributed by atoms with Crippen molar-refractivity contribution in [2.45, 2.75) is 57.7 Å². The fraction of sp³-hybridized carbons (Fsp3) is 0.647. The molecule has 2 unspecified atom stereocenters. The lowest BCUT2D eigenvalue weighted by Gasteiger charge is -2.46. The van der Waals surface area contributed by atoms with Crippen LogP contribution in [0.5, 0.6) is 0 Å². The highest BCUT2D eigenvalue weighted by Gasteiger charge is 2.36. The van der Waals surface area contributed by atoms with Gasteiger partial charge in [-0.05, 0) is 58.3 Å². The minimum absolute atomic E-state index is 0.256. The molecule has 0 fully saturated rings. The molecule has 0 heterocycles. The summed E-state index contributed by atoms with van der Waals surface area (Å²) in [6.45, 7) is 6.97. The van der Waals surface area contributed by atoms with Crippen LogP contribution in [-0.4, -0.2) is 30.6 Å². The monoisotopic (exact) mass is 260 g/mol. The van der Waals surface area contributed by atoms with Crippen LogP contribution in [0, 0.1) is 0 Å². The lowest BCUT2D eigenvalue weighted by molar-refractivity contribution is 0.0661. The largest absolute Gasteiger partial charge is 0.312 e. The number of hydrogen-bond donors (Lipinski definition) is 1. The number of hydrogen-bond acceptors (Lipinski definition) is 2. The Morgan fingerprint density at radius 1 is 1.32 bits per heavy atom. The highest BCUT2D eigenvalue weighted by Crippen LogP contribution is 2.35. The summed E-state index contributed by atoms with van der Waals surface area (Å²) in [6, 6.07) is 9.91. The van der Waals surface area contributed by atoms with Crippen molar-refractivity contribution < 1.29 is 0 Å². The average molecular weight is 260 g/mol. The van der Waals surface area contributed by atoms with Crippen LogP contribution in [-0.2, 0) is 6.42 Å². The van der Waals surface area contributed by atoms with E-state index in [1.165, 1.54) is 30.4 Å². The molecular weight excluding hydrogens is 232 g/mol. The SMILES string of the molecule is CCC(C)(C)N(C)C1CCc2ccccc2C1NC. The Kier molecular flexibility index (Phi) is 4.32. The number of aryl methyl sites for hydroxylation is 1. The van der Waals surface area contributed by atoms with Gasteiger partial charge in [0.05, 0.1) is 0 Å². The summed E-state index contributed by atoms with van der Waals surface area (Å²) < 4.78 is 0. The molecule has 0 radical (unpaired) electrons. The zero-order valence-electron chi connectivity index (χ0n) is 13.0. The first-order chi connectivity index (χ1) is 9.01. The van der Waals surface area contributed by atoms with Gasteiger partial charge >= 0.3 is 0 Å². The Bertz CT molecular complexity index is 425. The van der Waals surface area contributed by atoms with Crippen LogP contribution in [0.4, 0.5) is 0 Å². The Hall–Kier alpha value is -0.860. The van der Waals surface area contributed by atoms with E-state index in [0.29, 0.717) is 12.1 Å². The van der Waals surface area contributed by atoms with Gasteiger partial charge in [-0.3, -0.25) is 4.90 Å². The fourth-order valence-electron chi connectivity index (χ4n) is 3.21. The van der Waals surface area contributed by atoms with E-state index in [0.717, 1.165) is 0 Å². The quantitative estimate of drug-likeness (QED) is 0.893. The Labute approximate surface area is 118 Å². The second-order valence-corrected chi connectivity index (χ2v) is 6.35. The second kappa shape index (κ2) is 5.64. The summed E-state index contributed by atoms with van der Waals surface area (Å²) in [6.07, 6.45) is 3.61. The first-order valence-electron chi connectivity index (χ1n) is 7.49. The molecule has 0 aromatic heterocycles. The first kappa shape index (κ1) is 14.5. The van der Waals surface area contributed by atoms with Crippen LogP contribution in [0.3, 0.4) is 0 Å². The molecule has 0 spiro atoms. The summed E-state index contributed by atoms with van der Waals surface area (Å²) in [5, 5.41) is 3.55. The minimum Gasteiger partial charge on any atom is -0.312 e. The Morgan fingerprint density at radius 3 is 2.63 bits per heavy atom. The van der Waals surface area contributed by atoms with Crippen molar-refractivity contribution >= 4 is 0 Å². The normalized spacial score (nSPS) is 23.5. The van der Waals surface area contributed by atoms with Gasteiger partial charge in [-0.25, -0.2) is 0 Å². The Morgan fingerprint density at radius 2 is 2.00 bits per heavy atom. The molecule has 0 saturated carbocycles. The van der Waals surface area contributed by atoms with Crippen molar-refractivity contribution in [3.63, 3.8) is 0 Å². The second-order valence-electron chi connectivity index (χ2n) is 6.35. The predicted octanol–water partition coefficient (Wildman–Crippen LogP) is 3.38. The third-order valence-electron chi connectivity index (χ3n) is 5.11. The average Bonchev–Trinajstić information content (AvgIpc) is 2.45. The number of rotatable bonds is 4. The standard InChI is InChI=1S/C17H28N2/c1-6-17(2,3)19(5)15-12-11-13-9-7-8-10-14(13)16(15)18-4/h7-10,15-16,18H,6,11-12H2,1-5H3. The van der Waals surface area contributed by atoms with Crippen LogP contribution in [0.1, 0.15) is 50.8 Å². The third-order valence-corrected chi connectivity index (χ3v) is 5.11. The van der Waals surface area contributed by atoms with Gasteiger partial charge in [-0.2, -0.15) is 0 Å². The third kappa shape index (κ3) is 2.70. The van der Waals surface area contributed by atoms with E-state index >= 15 is 0 Å². The molecule has 0 amide bonds. The summed E-state index contributed by atoms with van der Waals surface area (Å²) in [5.74, 6) is 0. The van der Waals surface area contributed by atoms with E-state index < -0.39 is 0 Å². The van der Waals surface area contributed by atoms with Gasteiger partial charge in [0.25, 0.3) is 0 Å². The van der Waals surface area contributed by atoms with Crippen molar-refractivity contribution in [3.05, 3.63) is 35.4 Å². The highest BCUT2D eigenvalue weighted by molar-refractivity contribution is 5.34. The van der Waals surface area contributed by atoms with E-state index in [4.69, 9.17) is 0 Å². The molecule has 106 valence electrons. The van der Waals surface area contributed by atoms with E-state index in [9.17, 15) is 0 Å². The predicted molar refractivity (Wildman–Crippen MR) is 82.5 cm³/mol. The van der Waals surface area contributed by atoms with Crippen molar-refractivity contribution in [2.75, 3.05) is 14.1 Å². The molecule has 0 bridgehead atoms. The van der Waals surface area contributed by atoms with Gasteiger partial charge < -0.3 is 5.32 Å². The molecule has 1 N–H and O–H groups in total. The summed E-state index contributed by atoms with van der Waals surface area (Å²) in [4.78, 5) is 2.57. The van der Waals surface area contributed by atoms with Crippen molar-refractivity contribution in [2.24, 2.45) is 0 Å². The number of nitrogens with one attached hydrogen (secondary N) is 1. The molecule has 19 heavy (non-hydrogen) atoms. The van der Waals surface area contributed by atoms with Crippen molar-refractivity contribution in [1.82, 2.24) is 10.2 Å². The van der Waals surface area contributed by atoms with Gasteiger partial charge in [-0.1, -0.05) is 31.2 Å². The van der Waals surface area contributed by atoms with Crippen molar-refractivity contribution in [3.8, 4) is 0 Å². The smallest absolute Gasteiger partial charge is 0.0478 e. The molecule has 0 aliphatic heterocycles. The van der Waals surface area contributed by atoms with E-state index in [2.05, 4.69) is 69.3 Å². The van der Waals surface area contributed by atoms with Gasteiger partial charge in [-0.15, -0.1) is 0 Å². The maximum atomic E-state index is 3.55. The summed E-state index contributed by atoms with van der Waals surface area (Å²) in [7, 11) is 4.37. The van der Waals surface area contributed by atoms with Crippen molar-refractivity contribution in [1.29, 1.82) is 0 Å². The summed E-state index contributed by atoms with van der Waals surface area (Å²) in [5.41, 5.74) is 3.26. The molecular formula is C17H28N2. The van der Waals surface area contributed by atoms with Crippen LogP contribution in [0.2, 0.25) is 0 Å². The molecule has 2 rings (SSSR count). The number of likely N-dealkylation sites (N-methyl/N-ethyl adjacent to an activating group) is 2. The fourth-order valence-corrected chi connectivity index (χ4v) is 3.21. The molecule has 1 aromatic rings. The lowest BCUT2D eigenvalue weighted by Crippen LogP contribution is -2.53. The molecule has 1 aliphatic rings. The topological polar surface area (TPSA) is 15.3 Å². The Balaban J connectivity index is 2.29. The number of benzene rings is 1. The minimum atomic E-state index is 0.256. The molecule has 1 aliphatic carbocycles. The van der Waals surface area contributed by atoms with Gasteiger partial charge in [0.1, 0.15) is 0 Å². The van der Waals surface area contributed by atoms with E-state index in [1.54, 1.807) is 0 Å². The maximum absolute atomic E-state index is 3.55. The lowest BCUT2D eigenvalue weighted by atomic mass is 9.81.